The number of hydrogen-bond acceptors (Lipinski definition) is 2. The average molecular weight is 301 g/mol. The largest absolute Gasteiger partial charge is 0.478 e. The molecule has 0 saturated carbocycles. The number of nitrogens with zero attached hydrogens (tertiary/aromatic N) is 2. The van der Waals surface area contributed by atoms with Crippen molar-refractivity contribution in [3.05, 3.63) is 53.1 Å². The number of hydrogen-bond donors (Lipinski definition) is 1. The fraction of sp³-hybridized carbons (Fsp3) is 0.125. The lowest BCUT2D eigenvalue weighted by Gasteiger charge is -2.07. The fourth-order valence-electron chi connectivity index (χ4n) is 2.43. The highest BCUT2D eigenvalue weighted by Crippen LogP contribution is 2.27. The van der Waals surface area contributed by atoms with Crippen LogP contribution in [0.15, 0.2) is 42.5 Å². The molecule has 0 fully saturated rings. The molecule has 1 heterocycles. The average Bonchev–Trinajstić information content (AvgIpc) is 2.85. The lowest BCUT2D eigenvalue weighted by atomic mass is 10.1. The summed E-state index contributed by atoms with van der Waals surface area (Å²) in [5, 5.41) is 9.77. The van der Waals surface area contributed by atoms with E-state index >= 15 is 0 Å². The summed E-state index contributed by atoms with van der Waals surface area (Å²) in [6.45, 7) is 2.75. The number of halogens is 1. The molecular formula is C16H13ClN2O2. The number of aryl methyl sites for hydroxylation is 1. The summed E-state index contributed by atoms with van der Waals surface area (Å²) >= 11 is 6.05. The van der Waals surface area contributed by atoms with Crippen LogP contribution in [0.5, 0.6) is 0 Å². The first-order valence-corrected chi connectivity index (χ1v) is 6.97. The first-order valence-electron chi connectivity index (χ1n) is 6.59. The zero-order valence-corrected chi connectivity index (χ0v) is 12.1. The van der Waals surface area contributed by atoms with E-state index in [1.54, 1.807) is 24.3 Å². The van der Waals surface area contributed by atoms with Gasteiger partial charge in [-0.3, -0.25) is 0 Å². The van der Waals surface area contributed by atoms with Gasteiger partial charge in [0, 0.05) is 17.1 Å². The van der Waals surface area contributed by atoms with E-state index in [1.165, 1.54) is 0 Å². The molecule has 1 N–H and O–H groups in total. The van der Waals surface area contributed by atoms with Crippen LogP contribution in [-0.4, -0.2) is 20.6 Å². The predicted octanol–water partition coefficient (Wildman–Crippen LogP) is 4.07. The molecule has 1 aromatic heterocycles. The summed E-state index contributed by atoms with van der Waals surface area (Å²) < 4.78 is 2.03. The fourth-order valence-corrected chi connectivity index (χ4v) is 2.59. The van der Waals surface area contributed by atoms with E-state index in [4.69, 9.17) is 16.7 Å². The van der Waals surface area contributed by atoms with Gasteiger partial charge in [-0.1, -0.05) is 23.7 Å². The second kappa shape index (κ2) is 5.22. The van der Waals surface area contributed by atoms with Crippen LogP contribution >= 0.6 is 11.6 Å². The normalized spacial score (nSPS) is 11.0. The number of fused-ring (bicyclic) bond motifs is 1. The molecule has 0 unspecified atom stereocenters. The van der Waals surface area contributed by atoms with Crippen molar-refractivity contribution in [2.45, 2.75) is 13.5 Å². The van der Waals surface area contributed by atoms with Crippen LogP contribution in [0.1, 0.15) is 17.3 Å². The highest BCUT2D eigenvalue weighted by Gasteiger charge is 2.13. The van der Waals surface area contributed by atoms with Crippen LogP contribution in [0, 0.1) is 0 Å². The molecule has 0 radical (unpaired) electrons. The number of carboxylic acids is 1. The third-order valence-electron chi connectivity index (χ3n) is 3.39. The Bertz CT molecular complexity index is 839. The Morgan fingerprint density at radius 2 is 2.10 bits per heavy atom. The summed E-state index contributed by atoms with van der Waals surface area (Å²) in [5.74, 6) is -0.197. The Kier molecular flexibility index (Phi) is 3.39. The molecule has 0 bridgehead atoms. The molecule has 3 aromatic rings. The van der Waals surface area contributed by atoms with E-state index in [0.29, 0.717) is 5.02 Å². The number of carboxylic acid groups (broad SMARTS) is 1. The summed E-state index contributed by atoms with van der Waals surface area (Å²) in [6.07, 6.45) is 0. The predicted molar refractivity (Wildman–Crippen MR) is 82.8 cm³/mol. The van der Waals surface area contributed by atoms with Crippen LogP contribution < -0.4 is 0 Å². The quantitative estimate of drug-likeness (QED) is 0.793. The lowest BCUT2D eigenvalue weighted by Crippen LogP contribution is -2.00. The van der Waals surface area contributed by atoms with Crippen LogP contribution in [0.2, 0.25) is 5.02 Å². The SMILES string of the molecule is CCn1c(-c2cccc(C(=O)O)c2)nc2ccc(Cl)cc21. The Balaban J connectivity index is 2.24. The Morgan fingerprint density at radius 1 is 1.29 bits per heavy atom. The molecule has 0 aliphatic carbocycles. The van der Waals surface area contributed by atoms with E-state index in [1.807, 2.05) is 29.7 Å². The number of rotatable bonds is 3. The van der Waals surface area contributed by atoms with E-state index in [0.717, 1.165) is 29.0 Å². The monoisotopic (exact) mass is 300 g/mol. The first kappa shape index (κ1) is 13.6. The molecular weight excluding hydrogens is 288 g/mol. The zero-order valence-electron chi connectivity index (χ0n) is 11.4. The number of carbonyl (C=O) groups is 1. The molecule has 0 atom stereocenters. The topological polar surface area (TPSA) is 55.1 Å². The highest BCUT2D eigenvalue weighted by atomic mass is 35.5. The Hall–Kier alpha value is -2.33. The van der Waals surface area contributed by atoms with E-state index < -0.39 is 5.97 Å². The molecule has 0 saturated heterocycles. The van der Waals surface area contributed by atoms with E-state index in [-0.39, 0.29) is 5.56 Å². The maximum absolute atomic E-state index is 11.1. The number of imidazole rings is 1. The molecule has 0 aliphatic heterocycles. The second-order valence-electron chi connectivity index (χ2n) is 4.70. The van der Waals surface area contributed by atoms with Crippen LogP contribution in [0.4, 0.5) is 0 Å². The van der Waals surface area contributed by atoms with Gasteiger partial charge >= 0.3 is 5.97 Å². The third-order valence-corrected chi connectivity index (χ3v) is 3.63. The summed E-state index contributed by atoms with van der Waals surface area (Å²) in [6, 6.07) is 12.3. The number of aromatic carboxylic acids is 1. The van der Waals surface area contributed by atoms with Gasteiger partial charge in [0.05, 0.1) is 16.6 Å². The minimum atomic E-state index is -0.945. The minimum absolute atomic E-state index is 0.250. The molecule has 4 nitrogen and oxygen atoms in total. The van der Waals surface area contributed by atoms with Crippen molar-refractivity contribution in [1.82, 2.24) is 9.55 Å². The lowest BCUT2D eigenvalue weighted by molar-refractivity contribution is 0.0697. The van der Waals surface area contributed by atoms with Gasteiger partial charge in [-0.2, -0.15) is 0 Å². The Labute approximate surface area is 126 Å². The molecule has 106 valence electrons. The smallest absolute Gasteiger partial charge is 0.335 e. The van der Waals surface area contributed by atoms with Gasteiger partial charge in [0.1, 0.15) is 5.82 Å². The van der Waals surface area contributed by atoms with Crippen molar-refractivity contribution < 1.29 is 9.90 Å². The van der Waals surface area contributed by atoms with Crippen molar-refractivity contribution in [2.75, 3.05) is 0 Å². The molecule has 21 heavy (non-hydrogen) atoms. The summed E-state index contributed by atoms with van der Waals surface area (Å²) in [7, 11) is 0. The van der Waals surface area contributed by atoms with Crippen LogP contribution in [0.3, 0.4) is 0 Å². The van der Waals surface area contributed by atoms with Crippen LogP contribution in [-0.2, 0) is 6.54 Å². The van der Waals surface area contributed by atoms with Gasteiger partial charge in [0.15, 0.2) is 0 Å². The van der Waals surface area contributed by atoms with Gasteiger partial charge in [0.25, 0.3) is 0 Å². The van der Waals surface area contributed by atoms with E-state index in [2.05, 4.69) is 4.98 Å². The Morgan fingerprint density at radius 3 is 2.81 bits per heavy atom. The van der Waals surface area contributed by atoms with Crippen molar-refractivity contribution in [3.8, 4) is 11.4 Å². The number of aromatic nitrogens is 2. The second-order valence-corrected chi connectivity index (χ2v) is 5.14. The molecule has 5 heteroatoms. The summed E-state index contributed by atoms with van der Waals surface area (Å²) in [4.78, 5) is 15.7. The van der Waals surface area contributed by atoms with Gasteiger partial charge in [-0.25, -0.2) is 9.78 Å². The van der Waals surface area contributed by atoms with Gasteiger partial charge in [-0.15, -0.1) is 0 Å². The maximum Gasteiger partial charge on any atom is 0.335 e. The molecule has 2 aromatic carbocycles. The van der Waals surface area contributed by atoms with E-state index in [9.17, 15) is 4.79 Å². The minimum Gasteiger partial charge on any atom is -0.478 e. The summed E-state index contributed by atoms with van der Waals surface area (Å²) in [5.41, 5.74) is 2.82. The first-order chi connectivity index (χ1) is 10.1. The van der Waals surface area contributed by atoms with Crippen molar-refractivity contribution in [1.29, 1.82) is 0 Å². The maximum atomic E-state index is 11.1. The molecule has 0 amide bonds. The molecule has 3 rings (SSSR count). The highest BCUT2D eigenvalue weighted by molar-refractivity contribution is 6.31. The number of benzene rings is 2. The molecule has 0 spiro atoms. The molecule has 0 aliphatic rings. The van der Waals surface area contributed by atoms with Gasteiger partial charge < -0.3 is 9.67 Å². The third kappa shape index (κ3) is 2.38. The van der Waals surface area contributed by atoms with Crippen molar-refractivity contribution in [3.63, 3.8) is 0 Å². The zero-order chi connectivity index (χ0) is 15.0. The van der Waals surface area contributed by atoms with Crippen molar-refractivity contribution >= 4 is 28.6 Å². The standard InChI is InChI=1S/C16H13ClN2O2/c1-2-19-14-9-12(17)6-7-13(14)18-15(19)10-4-3-5-11(8-10)16(20)21/h3-9H,2H2,1H3,(H,20,21). The van der Waals surface area contributed by atoms with Gasteiger partial charge in [-0.05, 0) is 37.3 Å². The van der Waals surface area contributed by atoms with Gasteiger partial charge in [0.2, 0.25) is 0 Å². The van der Waals surface area contributed by atoms with Crippen LogP contribution in [0.25, 0.3) is 22.4 Å². The van der Waals surface area contributed by atoms with Crippen molar-refractivity contribution in [2.24, 2.45) is 0 Å².